The molecular weight excluding hydrogens is 422 g/mol. The molecule has 0 atom stereocenters. The Bertz CT molecular complexity index is 1170. The summed E-state index contributed by atoms with van der Waals surface area (Å²) in [6, 6.07) is 19.9. The Labute approximate surface area is 181 Å². The van der Waals surface area contributed by atoms with Crippen molar-refractivity contribution in [3.8, 4) is 0 Å². The molecule has 0 bridgehead atoms. The molecule has 0 aliphatic carbocycles. The van der Waals surface area contributed by atoms with Gasteiger partial charge in [0.05, 0.1) is 22.0 Å². The lowest BCUT2D eigenvalue weighted by Gasteiger charge is -2.20. The number of hydrogen-bond acceptors (Lipinski definition) is 4. The Hall–Kier alpha value is -3.03. The van der Waals surface area contributed by atoms with E-state index in [4.69, 9.17) is 11.6 Å². The largest absolute Gasteiger partial charge is 0.376 e. The third-order valence-electron chi connectivity index (χ3n) is 4.56. The molecule has 1 amide bonds. The fourth-order valence-electron chi connectivity index (χ4n) is 2.93. The average Bonchev–Trinajstić information content (AvgIpc) is 2.73. The van der Waals surface area contributed by atoms with E-state index in [1.165, 1.54) is 23.5 Å². The van der Waals surface area contributed by atoms with Crippen LogP contribution in [0, 0.1) is 0 Å². The summed E-state index contributed by atoms with van der Waals surface area (Å²) < 4.78 is 27.2. The SMILES string of the molecule is CN(C)c1ccc(Cl)cc1NC(=O)c1cccc(S(=O)(=O)N(C)c2ccccc2)c1. The number of nitrogens with one attached hydrogen (secondary N) is 1. The topological polar surface area (TPSA) is 69.7 Å². The molecule has 3 aromatic carbocycles. The number of carbonyl (C=O) groups excluding carboxylic acids is 1. The van der Waals surface area contributed by atoms with E-state index >= 15 is 0 Å². The fraction of sp³-hybridized carbons (Fsp3) is 0.136. The van der Waals surface area contributed by atoms with Gasteiger partial charge < -0.3 is 10.2 Å². The lowest BCUT2D eigenvalue weighted by molar-refractivity contribution is 0.102. The molecule has 0 fully saturated rings. The smallest absolute Gasteiger partial charge is 0.264 e. The van der Waals surface area contributed by atoms with E-state index in [0.29, 0.717) is 16.4 Å². The summed E-state index contributed by atoms with van der Waals surface area (Å²) in [6.45, 7) is 0. The van der Waals surface area contributed by atoms with Crippen LogP contribution >= 0.6 is 11.6 Å². The predicted molar refractivity (Wildman–Crippen MR) is 122 cm³/mol. The van der Waals surface area contributed by atoms with Gasteiger partial charge in [-0.15, -0.1) is 0 Å². The molecule has 0 radical (unpaired) electrons. The van der Waals surface area contributed by atoms with Crippen LogP contribution < -0.4 is 14.5 Å². The number of anilines is 3. The summed E-state index contributed by atoms with van der Waals surface area (Å²) in [7, 11) is 1.36. The number of amides is 1. The van der Waals surface area contributed by atoms with Crippen molar-refractivity contribution in [3.63, 3.8) is 0 Å². The second kappa shape index (κ2) is 8.77. The highest BCUT2D eigenvalue weighted by atomic mass is 35.5. The van der Waals surface area contributed by atoms with Crippen LogP contribution in [-0.2, 0) is 10.0 Å². The van der Waals surface area contributed by atoms with Crippen LogP contribution in [-0.4, -0.2) is 35.5 Å². The molecule has 0 aliphatic rings. The minimum Gasteiger partial charge on any atom is -0.376 e. The number of sulfonamides is 1. The first-order valence-electron chi connectivity index (χ1n) is 9.12. The number of para-hydroxylation sites is 1. The van der Waals surface area contributed by atoms with Gasteiger partial charge in [0.15, 0.2) is 0 Å². The number of carbonyl (C=O) groups is 1. The summed E-state index contributed by atoms with van der Waals surface area (Å²) in [5, 5.41) is 3.30. The van der Waals surface area contributed by atoms with Crippen molar-refractivity contribution in [2.45, 2.75) is 4.90 Å². The Kier molecular flexibility index (Phi) is 6.34. The number of nitrogens with zero attached hydrogens (tertiary/aromatic N) is 2. The third-order valence-corrected chi connectivity index (χ3v) is 6.58. The van der Waals surface area contributed by atoms with Gasteiger partial charge in [0.25, 0.3) is 15.9 Å². The second-order valence-electron chi connectivity index (χ2n) is 6.85. The molecular formula is C22H22ClN3O3S. The van der Waals surface area contributed by atoms with Gasteiger partial charge in [-0.05, 0) is 48.5 Å². The van der Waals surface area contributed by atoms with Crippen LogP contribution in [0.3, 0.4) is 0 Å². The molecule has 0 heterocycles. The highest BCUT2D eigenvalue weighted by Crippen LogP contribution is 2.29. The zero-order valence-corrected chi connectivity index (χ0v) is 18.4. The normalized spacial score (nSPS) is 11.1. The molecule has 6 nitrogen and oxygen atoms in total. The maximum absolute atomic E-state index is 13.0. The van der Waals surface area contributed by atoms with Crippen LogP contribution in [0.2, 0.25) is 5.02 Å². The van der Waals surface area contributed by atoms with Gasteiger partial charge in [0.1, 0.15) is 0 Å². The van der Waals surface area contributed by atoms with Gasteiger partial charge in [-0.2, -0.15) is 0 Å². The molecule has 0 saturated carbocycles. The summed E-state index contributed by atoms with van der Waals surface area (Å²) in [4.78, 5) is 14.7. The Morgan fingerprint density at radius 1 is 0.900 bits per heavy atom. The van der Waals surface area contributed by atoms with Gasteiger partial charge in [0.2, 0.25) is 0 Å². The molecule has 0 unspecified atom stereocenters. The predicted octanol–water partition coefficient (Wildman–Crippen LogP) is 4.48. The van der Waals surface area contributed by atoms with E-state index in [-0.39, 0.29) is 10.5 Å². The molecule has 0 saturated heterocycles. The number of hydrogen-bond donors (Lipinski definition) is 1. The maximum atomic E-state index is 13.0. The van der Waals surface area contributed by atoms with Crippen molar-refractivity contribution >= 4 is 44.6 Å². The zero-order valence-electron chi connectivity index (χ0n) is 16.8. The van der Waals surface area contributed by atoms with Crippen LogP contribution in [0.15, 0.2) is 77.7 Å². The zero-order chi connectivity index (χ0) is 21.9. The molecule has 0 spiro atoms. The van der Waals surface area contributed by atoms with Crippen LogP contribution in [0.5, 0.6) is 0 Å². The van der Waals surface area contributed by atoms with Crippen LogP contribution in [0.25, 0.3) is 0 Å². The first kappa shape index (κ1) is 21.7. The second-order valence-corrected chi connectivity index (χ2v) is 9.25. The Morgan fingerprint density at radius 3 is 2.27 bits per heavy atom. The molecule has 156 valence electrons. The van der Waals surface area contributed by atoms with Crippen molar-refractivity contribution in [3.05, 3.63) is 83.4 Å². The fourth-order valence-corrected chi connectivity index (χ4v) is 4.34. The number of benzene rings is 3. The van der Waals surface area contributed by atoms with Gasteiger partial charge >= 0.3 is 0 Å². The summed E-state index contributed by atoms with van der Waals surface area (Å²) >= 11 is 6.07. The number of rotatable bonds is 6. The third kappa shape index (κ3) is 4.58. The van der Waals surface area contributed by atoms with E-state index in [0.717, 1.165) is 5.69 Å². The molecule has 30 heavy (non-hydrogen) atoms. The van der Waals surface area contributed by atoms with Crippen molar-refractivity contribution in [1.29, 1.82) is 0 Å². The van der Waals surface area contributed by atoms with Gasteiger partial charge in [-0.1, -0.05) is 35.9 Å². The van der Waals surface area contributed by atoms with Gasteiger partial charge in [-0.25, -0.2) is 8.42 Å². The van der Waals surface area contributed by atoms with Gasteiger partial charge in [-0.3, -0.25) is 9.10 Å². The molecule has 3 rings (SSSR count). The summed E-state index contributed by atoms with van der Waals surface area (Å²) in [5.41, 5.74) is 2.07. The molecule has 3 aromatic rings. The maximum Gasteiger partial charge on any atom is 0.264 e. The first-order chi connectivity index (χ1) is 14.2. The van der Waals surface area contributed by atoms with Crippen LogP contribution in [0.1, 0.15) is 10.4 Å². The lowest BCUT2D eigenvalue weighted by Crippen LogP contribution is -2.26. The first-order valence-corrected chi connectivity index (χ1v) is 10.9. The van der Waals surface area contributed by atoms with Crippen molar-refractivity contribution < 1.29 is 13.2 Å². The highest BCUT2D eigenvalue weighted by Gasteiger charge is 2.22. The highest BCUT2D eigenvalue weighted by molar-refractivity contribution is 7.92. The van der Waals surface area contributed by atoms with E-state index in [2.05, 4.69) is 5.32 Å². The minimum absolute atomic E-state index is 0.0282. The minimum atomic E-state index is -3.83. The van der Waals surface area contributed by atoms with E-state index in [1.54, 1.807) is 54.6 Å². The van der Waals surface area contributed by atoms with Crippen molar-refractivity contribution in [2.75, 3.05) is 35.7 Å². The Morgan fingerprint density at radius 2 is 1.60 bits per heavy atom. The quantitative estimate of drug-likeness (QED) is 0.609. The summed E-state index contributed by atoms with van der Waals surface area (Å²) in [5.74, 6) is -0.431. The van der Waals surface area contributed by atoms with E-state index in [9.17, 15) is 13.2 Å². The van der Waals surface area contributed by atoms with E-state index < -0.39 is 15.9 Å². The standard InChI is InChI=1S/C22H22ClN3O3S/c1-25(2)21-13-12-17(23)15-20(21)24-22(27)16-8-7-11-19(14-16)30(28,29)26(3)18-9-5-4-6-10-18/h4-15H,1-3H3,(H,24,27). The summed E-state index contributed by atoms with van der Waals surface area (Å²) in [6.07, 6.45) is 0. The molecule has 1 N–H and O–H groups in total. The Balaban J connectivity index is 1.90. The van der Waals surface area contributed by atoms with Crippen molar-refractivity contribution in [2.24, 2.45) is 0 Å². The van der Waals surface area contributed by atoms with Crippen LogP contribution in [0.4, 0.5) is 17.1 Å². The van der Waals surface area contributed by atoms with Gasteiger partial charge in [0, 0.05) is 31.7 Å². The number of halogens is 1. The lowest BCUT2D eigenvalue weighted by atomic mass is 10.2. The average molecular weight is 444 g/mol. The molecule has 8 heteroatoms. The monoisotopic (exact) mass is 443 g/mol. The van der Waals surface area contributed by atoms with Crippen molar-refractivity contribution in [1.82, 2.24) is 0 Å². The molecule has 0 aliphatic heterocycles. The van der Waals surface area contributed by atoms with E-state index in [1.807, 2.05) is 25.1 Å². The molecule has 0 aromatic heterocycles.